The normalized spacial score (nSPS) is 47.2. The van der Waals surface area contributed by atoms with Crippen molar-refractivity contribution in [3.8, 4) is 0 Å². The van der Waals surface area contributed by atoms with Gasteiger partial charge in [-0.25, -0.2) is 0 Å². The molecule has 4 aliphatic rings. The van der Waals surface area contributed by atoms with Crippen molar-refractivity contribution in [3.63, 3.8) is 0 Å². The molecule has 3 fully saturated rings. The van der Waals surface area contributed by atoms with E-state index in [0.29, 0.717) is 5.84 Å². The topological polar surface area (TPSA) is 41.6 Å². The van der Waals surface area contributed by atoms with E-state index in [1.165, 1.54) is 25.9 Å². The third-order valence-electron chi connectivity index (χ3n) is 3.65. The fraction of sp³-hybridized carbons (Fsp3) is 0.700. The van der Waals surface area contributed by atoms with E-state index in [1.807, 2.05) is 6.08 Å². The zero-order valence-corrected chi connectivity index (χ0v) is 7.74. The summed E-state index contributed by atoms with van der Waals surface area (Å²) in [6.07, 6.45) is 6.78. The maximum Gasteiger partial charge on any atom is 0.119 e. The Morgan fingerprint density at radius 1 is 1.46 bits per heavy atom. The van der Waals surface area contributed by atoms with Gasteiger partial charge < -0.3 is 10.6 Å². The van der Waals surface area contributed by atoms with Crippen LogP contribution >= 0.6 is 0 Å². The minimum absolute atomic E-state index is 0.0700. The predicted molar refractivity (Wildman–Crippen MR) is 52.7 cm³/mol. The van der Waals surface area contributed by atoms with Gasteiger partial charge in [0.2, 0.25) is 0 Å². The van der Waals surface area contributed by atoms with Crippen LogP contribution in [0.2, 0.25) is 0 Å². The summed E-state index contributed by atoms with van der Waals surface area (Å²) in [5, 5.41) is 0. The fourth-order valence-corrected chi connectivity index (χ4v) is 2.94. The number of hydrogen-bond acceptors (Lipinski definition) is 3. The van der Waals surface area contributed by atoms with E-state index < -0.39 is 0 Å². The second kappa shape index (κ2) is 2.35. The quantitative estimate of drug-likeness (QED) is 0.581. The van der Waals surface area contributed by atoms with E-state index in [1.54, 1.807) is 0 Å². The lowest BCUT2D eigenvalue weighted by Gasteiger charge is -2.49. The highest BCUT2D eigenvalue weighted by Crippen LogP contribution is 2.40. The largest absolute Gasteiger partial charge is 0.384 e. The second-order valence-electron chi connectivity index (χ2n) is 4.41. The van der Waals surface area contributed by atoms with Gasteiger partial charge in [-0.1, -0.05) is 6.08 Å². The van der Waals surface area contributed by atoms with Crippen molar-refractivity contribution in [2.24, 2.45) is 16.6 Å². The Kier molecular flexibility index (Phi) is 1.37. The van der Waals surface area contributed by atoms with Crippen LogP contribution in [-0.4, -0.2) is 35.9 Å². The summed E-state index contributed by atoms with van der Waals surface area (Å²) in [4.78, 5) is 7.11. The molecule has 0 aromatic carbocycles. The van der Waals surface area contributed by atoms with E-state index in [-0.39, 0.29) is 5.54 Å². The molecule has 4 heterocycles. The van der Waals surface area contributed by atoms with Gasteiger partial charge in [0, 0.05) is 6.54 Å². The molecule has 0 aromatic heterocycles. The number of nitrogens with zero attached hydrogens (tertiary/aromatic N) is 2. The summed E-state index contributed by atoms with van der Waals surface area (Å²) < 4.78 is 0. The molecule has 13 heavy (non-hydrogen) atoms. The average molecular weight is 177 g/mol. The minimum atomic E-state index is 0.0700. The van der Waals surface area contributed by atoms with Crippen molar-refractivity contribution in [2.45, 2.75) is 18.4 Å². The van der Waals surface area contributed by atoms with Gasteiger partial charge in [0.15, 0.2) is 0 Å². The number of fused-ring (bicyclic) bond motifs is 2. The first kappa shape index (κ1) is 7.56. The highest BCUT2D eigenvalue weighted by molar-refractivity contribution is 5.94. The minimum Gasteiger partial charge on any atom is -0.384 e. The first-order valence-electron chi connectivity index (χ1n) is 5.05. The summed E-state index contributed by atoms with van der Waals surface area (Å²) in [6.45, 7) is 3.61. The van der Waals surface area contributed by atoms with Gasteiger partial charge in [-0.3, -0.25) is 4.99 Å². The Morgan fingerprint density at radius 2 is 2.23 bits per heavy atom. The van der Waals surface area contributed by atoms with Gasteiger partial charge in [0.05, 0.1) is 5.54 Å². The number of nitrogens with two attached hydrogens (primary N) is 1. The van der Waals surface area contributed by atoms with Gasteiger partial charge in [0.1, 0.15) is 5.84 Å². The molecular weight excluding hydrogens is 162 g/mol. The van der Waals surface area contributed by atoms with Crippen LogP contribution in [0.3, 0.4) is 0 Å². The van der Waals surface area contributed by atoms with Crippen molar-refractivity contribution in [1.82, 2.24) is 4.90 Å². The number of amidine groups is 1. The summed E-state index contributed by atoms with van der Waals surface area (Å²) >= 11 is 0. The molecule has 4 aliphatic heterocycles. The van der Waals surface area contributed by atoms with Crippen molar-refractivity contribution >= 4 is 5.84 Å². The maximum absolute atomic E-state index is 5.72. The van der Waals surface area contributed by atoms with Crippen LogP contribution in [0.5, 0.6) is 0 Å². The van der Waals surface area contributed by atoms with Gasteiger partial charge in [-0.2, -0.15) is 0 Å². The van der Waals surface area contributed by atoms with Crippen LogP contribution in [0.15, 0.2) is 17.1 Å². The van der Waals surface area contributed by atoms with Crippen LogP contribution < -0.4 is 5.73 Å². The molecule has 2 N–H and O–H groups in total. The molecule has 2 bridgehead atoms. The van der Waals surface area contributed by atoms with E-state index in [4.69, 9.17) is 5.73 Å². The standard InChI is InChI=1S/C10H15N3/c11-9-1-4-10(12-9)7-13-5-2-8(10)3-6-13/h1,4,8H,2-3,5-7H2,(H2,11,12). The Labute approximate surface area is 78.3 Å². The summed E-state index contributed by atoms with van der Waals surface area (Å²) in [7, 11) is 0. The van der Waals surface area contributed by atoms with Crippen molar-refractivity contribution in [3.05, 3.63) is 12.2 Å². The molecule has 3 heteroatoms. The molecule has 0 amide bonds. The van der Waals surface area contributed by atoms with Crippen molar-refractivity contribution in [2.75, 3.05) is 19.6 Å². The van der Waals surface area contributed by atoms with Crippen LogP contribution in [0.25, 0.3) is 0 Å². The average Bonchev–Trinajstić information content (AvgIpc) is 2.49. The number of hydrogen-bond donors (Lipinski definition) is 1. The van der Waals surface area contributed by atoms with Gasteiger partial charge in [-0.05, 0) is 37.9 Å². The summed E-state index contributed by atoms with van der Waals surface area (Å²) in [6, 6.07) is 0. The first-order valence-corrected chi connectivity index (χ1v) is 5.05. The third kappa shape index (κ3) is 0.967. The van der Waals surface area contributed by atoms with Crippen molar-refractivity contribution < 1.29 is 0 Å². The lowest BCUT2D eigenvalue weighted by atomic mass is 9.74. The molecule has 1 atom stereocenters. The molecule has 0 saturated carbocycles. The lowest BCUT2D eigenvalue weighted by Crippen LogP contribution is -2.56. The highest BCUT2D eigenvalue weighted by atomic mass is 15.2. The molecular formula is C10H15N3. The predicted octanol–water partition coefficient (Wildman–Crippen LogP) is 0.378. The SMILES string of the molecule is NC1=NC2(C=C1)CN1CCC2CC1. The molecule has 70 valence electrons. The van der Waals surface area contributed by atoms with Crippen LogP contribution in [-0.2, 0) is 0 Å². The van der Waals surface area contributed by atoms with Crippen LogP contribution in [0.4, 0.5) is 0 Å². The molecule has 0 aromatic rings. The Balaban J connectivity index is 1.97. The van der Waals surface area contributed by atoms with E-state index in [2.05, 4.69) is 16.0 Å². The van der Waals surface area contributed by atoms with Gasteiger partial charge >= 0.3 is 0 Å². The van der Waals surface area contributed by atoms with Crippen LogP contribution in [0.1, 0.15) is 12.8 Å². The number of piperidine rings is 3. The van der Waals surface area contributed by atoms with Crippen molar-refractivity contribution in [1.29, 1.82) is 0 Å². The monoisotopic (exact) mass is 177 g/mol. The number of rotatable bonds is 0. The molecule has 3 saturated heterocycles. The van der Waals surface area contributed by atoms with E-state index in [9.17, 15) is 0 Å². The Hall–Kier alpha value is -0.830. The Morgan fingerprint density at radius 3 is 2.69 bits per heavy atom. The van der Waals surface area contributed by atoms with E-state index in [0.717, 1.165) is 12.5 Å². The lowest BCUT2D eigenvalue weighted by molar-refractivity contribution is 0.0563. The van der Waals surface area contributed by atoms with E-state index >= 15 is 0 Å². The zero-order chi connectivity index (χ0) is 8.89. The third-order valence-corrected chi connectivity index (χ3v) is 3.65. The summed E-state index contributed by atoms with van der Waals surface area (Å²) in [5.74, 6) is 1.46. The molecule has 4 rings (SSSR count). The highest BCUT2D eigenvalue weighted by Gasteiger charge is 2.46. The maximum atomic E-state index is 5.72. The Bertz CT molecular complexity index is 287. The molecule has 0 radical (unpaired) electrons. The smallest absolute Gasteiger partial charge is 0.119 e. The second-order valence-corrected chi connectivity index (χ2v) is 4.41. The molecule has 1 unspecified atom stereocenters. The first-order chi connectivity index (χ1) is 6.28. The molecule has 1 spiro atoms. The van der Waals surface area contributed by atoms with Gasteiger partial charge in [-0.15, -0.1) is 0 Å². The molecule has 0 aliphatic carbocycles. The zero-order valence-electron chi connectivity index (χ0n) is 7.74. The van der Waals surface area contributed by atoms with Gasteiger partial charge in [0.25, 0.3) is 0 Å². The molecule has 3 nitrogen and oxygen atoms in total. The number of aliphatic imine (C=N–C) groups is 1. The fourth-order valence-electron chi connectivity index (χ4n) is 2.94. The van der Waals surface area contributed by atoms with Crippen LogP contribution in [0, 0.1) is 5.92 Å². The summed E-state index contributed by atoms with van der Waals surface area (Å²) in [5.41, 5.74) is 5.79.